The van der Waals surface area contributed by atoms with E-state index in [0.717, 1.165) is 22.3 Å². The number of hydrogen-bond acceptors (Lipinski definition) is 2. The van der Waals surface area contributed by atoms with Crippen molar-refractivity contribution in [2.24, 2.45) is 5.41 Å². The first-order chi connectivity index (χ1) is 11.8. The van der Waals surface area contributed by atoms with Gasteiger partial charge in [0.05, 0.1) is 0 Å². The molecule has 132 valence electrons. The van der Waals surface area contributed by atoms with E-state index >= 15 is 0 Å². The average Bonchev–Trinajstić information content (AvgIpc) is 2.59. The minimum absolute atomic E-state index is 0.280. The van der Waals surface area contributed by atoms with Gasteiger partial charge in [0, 0.05) is 13.1 Å². The van der Waals surface area contributed by atoms with Gasteiger partial charge in [0.1, 0.15) is 5.41 Å². The average molecular weight is 338 g/mol. The molecular formula is C21H26N2O2. The SMILES string of the molecule is Cc1ccccc1CNC(=O)C(C)(C)C(=O)NCc1ccccc1C. The second kappa shape index (κ2) is 7.97. The van der Waals surface area contributed by atoms with Gasteiger partial charge >= 0.3 is 0 Å². The van der Waals surface area contributed by atoms with E-state index < -0.39 is 5.41 Å². The molecule has 2 amide bonds. The van der Waals surface area contributed by atoms with Gasteiger partial charge in [-0.2, -0.15) is 0 Å². The fourth-order valence-electron chi connectivity index (χ4n) is 2.51. The highest BCUT2D eigenvalue weighted by molar-refractivity contribution is 6.04. The predicted octanol–water partition coefficient (Wildman–Crippen LogP) is 3.26. The maximum atomic E-state index is 12.5. The zero-order chi connectivity index (χ0) is 18.4. The number of nitrogens with one attached hydrogen (secondary N) is 2. The lowest BCUT2D eigenvalue weighted by Gasteiger charge is -2.23. The number of carbonyl (C=O) groups is 2. The number of rotatable bonds is 6. The van der Waals surface area contributed by atoms with E-state index in [1.165, 1.54) is 0 Å². The molecule has 2 N–H and O–H groups in total. The molecule has 0 fully saturated rings. The largest absolute Gasteiger partial charge is 0.351 e. The van der Waals surface area contributed by atoms with E-state index in [9.17, 15) is 9.59 Å². The lowest BCUT2D eigenvalue weighted by molar-refractivity contribution is -0.141. The minimum atomic E-state index is -1.13. The van der Waals surface area contributed by atoms with Gasteiger partial charge < -0.3 is 10.6 Å². The standard InChI is InChI=1S/C21H26N2O2/c1-15-9-5-7-11-17(15)13-22-19(24)21(3,4)20(25)23-14-18-12-8-6-10-16(18)2/h5-12H,13-14H2,1-4H3,(H,22,24)(H,23,25). The fourth-order valence-corrected chi connectivity index (χ4v) is 2.51. The first-order valence-electron chi connectivity index (χ1n) is 8.48. The van der Waals surface area contributed by atoms with Crippen molar-refractivity contribution in [2.75, 3.05) is 0 Å². The van der Waals surface area contributed by atoms with Crippen molar-refractivity contribution in [1.29, 1.82) is 0 Å². The highest BCUT2D eigenvalue weighted by Gasteiger charge is 2.35. The van der Waals surface area contributed by atoms with Gasteiger partial charge in [0.25, 0.3) is 0 Å². The van der Waals surface area contributed by atoms with E-state index in [4.69, 9.17) is 0 Å². The van der Waals surface area contributed by atoms with Crippen LogP contribution < -0.4 is 10.6 Å². The summed E-state index contributed by atoms with van der Waals surface area (Å²) in [6, 6.07) is 15.8. The highest BCUT2D eigenvalue weighted by atomic mass is 16.2. The molecule has 0 aliphatic rings. The predicted molar refractivity (Wildman–Crippen MR) is 99.8 cm³/mol. The van der Waals surface area contributed by atoms with Crippen LogP contribution in [0.3, 0.4) is 0 Å². The molecule has 0 radical (unpaired) electrons. The van der Waals surface area contributed by atoms with Gasteiger partial charge in [-0.15, -0.1) is 0 Å². The molecule has 0 heterocycles. The molecule has 0 atom stereocenters. The maximum absolute atomic E-state index is 12.5. The monoisotopic (exact) mass is 338 g/mol. The first kappa shape index (κ1) is 18.7. The highest BCUT2D eigenvalue weighted by Crippen LogP contribution is 2.17. The van der Waals surface area contributed by atoms with Crippen LogP contribution >= 0.6 is 0 Å². The number of carbonyl (C=O) groups excluding carboxylic acids is 2. The normalized spacial score (nSPS) is 11.0. The second-order valence-corrected chi connectivity index (χ2v) is 6.84. The van der Waals surface area contributed by atoms with E-state index in [1.54, 1.807) is 13.8 Å². The van der Waals surface area contributed by atoms with Crippen molar-refractivity contribution >= 4 is 11.8 Å². The smallest absolute Gasteiger partial charge is 0.235 e. The molecule has 0 saturated heterocycles. The molecule has 2 aromatic rings. The Labute approximate surface area is 149 Å². The van der Waals surface area contributed by atoms with Gasteiger partial charge in [-0.05, 0) is 49.9 Å². The quantitative estimate of drug-likeness (QED) is 0.794. The summed E-state index contributed by atoms with van der Waals surface area (Å²) in [6.07, 6.45) is 0. The number of hydrogen-bond donors (Lipinski definition) is 2. The van der Waals surface area contributed by atoms with Gasteiger partial charge in [-0.3, -0.25) is 9.59 Å². The summed E-state index contributed by atoms with van der Waals surface area (Å²) in [5, 5.41) is 5.74. The molecule has 2 rings (SSSR count). The summed E-state index contributed by atoms with van der Waals surface area (Å²) < 4.78 is 0. The Morgan fingerprint density at radius 1 is 0.760 bits per heavy atom. The molecule has 0 saturated carbocycles. The lowest BCUT2D eigenvalue weighted by Crippen LogP contribution is -2.47. The summed E-state index contributed by atoms with van der Waals surface area (Å²) in [5.41, 5.74) is 3.19. The Morgan fingerprint density at radius 2 is 1.12 bits per heavy atom. The van der Waals surface area contributed by atoms with Crippen molar-refractivity contribution in [3.8, 4) is 0 Å². The van der Waals surface area contributed by atoms with Crippen LogP contribution in [0.4, 0.5) is 0 Å². The van der Waals surface area contributed by atoms with Gasteiger partial charge in [-0.25, -0.2) is 0 Å². The number of aryl methyl sites for hydroxylation is 2. The Hall–Kier alpha value is -2.62. The lowest BCUT2D eigenvalue weighted by atomic mass is 9.90. The van der Waals surface area contributed by atoms with Crippen LogP contribution in [0.25, 0.3) is 0 Å². The summed E-state index contributed by atoms with van der Waals surface area (Å²) in [7, 11) is 0. The topological polar surface area (TPSA) is 58.2 Å². The fraction of sp³-hybridized carbons (Fsp3) is 0.333. The van der Waals surface area contributed by atoms with E-state index in [1.807, 2.05) is 62.4 Å². The van der Waals surface area contributed by atoms with E-state index in [2.05, 4.69) is 10.6 Å². The van der Waals surface area contributed by atoms with Gasteiger partial charge in [-0.1, -0.05) is 48.5 Å². The molecule has 0 aliphatic carbocycles. The van der Waals surface area contributed by atoms with Crippen LogP contribution in [0.5, 0.6) is 0 Å². The van der Waals surface area contributed by atoms with E-state index in [0.29, 0.717) is 13.1 Å². The summed E-state index contributed by atoms with van der Waals surface area (Å²) in [6.45, 7) is 8.13. The molecular weight excluding hydrogens is 312 g/mol. The van der Waals surface area contributed by atoms with Crippen LogP contribution in [0.1, 0.15) is 36.1 Å². The summed E-state index contributed by atoms with van der Waals surface area (Å²) in [5.74, 6) is -0.559. The molecule has 25 heavy (non-hydrogen) atoms. The zero-order valence-electron chi connectivity index (χ0n) is 15.3. The first-order valence-corrected chi connectivity index (χ1v) is 8.48. The summed E-state index contributed by atoms with van der Waals surface area (Å²) in [4.78, 5) is 25.0. The third kappa shape index (κ3) is 4.69. The van der Waals surface area contributed by atoms with E-state index in [-0.39, 0.29) is 11.8 Å². The third-order valence-electron chi connectivity index (χ3n) is 4.54. The van der Waals surface area contributed by atoms with Crippen LogP contribution in [0.2, 0.25) is 0 Å². The van der Waals surface area contributed by atoms with Gasteiger partial charge in [0.15, 0.2) is 0 Å². The Balaban J connectivity index is 1.94. The molecule has 0 aliphatic heterocycles. The molecule has 0 spiro atoms. The van der Waals surface area contributed by atoms with Crippen molar-refractivity contribution in [3.05, 3.63) is 70.8 Å². The van der Waals surface area contributed by atoms with Gasteiger partial charge in [0.2, 0.25) is 11.8 Å². The maximum Gasteiger partial charge on any atom is 0.235 e. The second-order valence-electron chi connectivity index (χ2n) is 6.84. The molecule has 2 aromatic carbocycles. The molecule has 0 bridgehead atoms. The minimum Gasteiger partial charge on any atom is -0.351 e. The van der Waals surface area contributed by atoms with Crippen LogP contribution in [0, 0.1) is 19.3 Å². The Morgan fingerprint density at radius 3 is 1.48 bits per heavy atom. The van der Waals surface area contributed by atoms with Crippen LogP contribution in [-0.2, 0) is 22.7 Å². The summed E-state index contributed by atoms with van der Waals surface area (Å²) >= 11 is 0. The molecule has 4 heteroatoms. The Kier molecular flexibility index (Phi) is 5.97. The Bertz CT molecular complexity index is 702. The van der Waals surface area contributed by atoms with Crippen LogP contribution in [-0.4, -0.2) is 11.8 Å². The molecule has 4 nitrogen and oxygen atoms in total. The number of amides is 2. The molecule has 0 unspecified atom stereocenters. The van der Waals surface area contributed by atoms with Crippen molar-refractivity contribution in [1.82, 2.24) is 10.6 Å². The molecule has 0 aromatic heterocycles. The van der Waals surface area contributed by atoms with Crippen molar-refractivity contribution < 1.29 is 9.59 Å². The van der Waals surface area contributed by atoms with Crippen LogP contribution in [0.15, 0.2) is 48.5 Å². The van der Waals surface area contributed by atoms with Crippen molar-refractivity contribution in [2.45, 2.75) is 40.8 Å². The zero-order valence-corrected chi connectivity index (χ0v) is 15.3. The third-order valence-corrected chi connectivity index (χ3v) is 4.54. The van der Waals surface area contributed by atoms with Crippen molar-refractivity contribution in [3.63, 3.8) is 0 Å². The number of benzene rings is 2.